The molecule has 2 rings (SSSR count). The average Bonchev–Trinajstić information content (AvgIpc) is 2.71. The van der Waals surface area contributed by atoms with Gasteiger partial charge in [-0.2, -0.15) is 0 Å². The van der Waals surface area contributed by atoms with Crippen molar-refractivity contribution in [2.24, 2.45) is 5.41 Å². The third kappa shape index (κ3) is 7.78. The van der Waals surface area contributed by atoms with Crippen LogP contribution >= 0.6 is 0 Å². The van der Waals surface area contributed by atoms with E-state index >= 15 is 0 Å². The first-order valence-corrected chi connectivity index (χ1v) is 12.4. The van der Waals surface area contributed by atoms with Crippen LogP contribution in [0.25, 0.3) is 0 Å². The molecule has 0 amide bonds. The van der Waals surface area contributed by atoms with Gasteiger partial charge in [-0.15, -0.1) is 0 Å². The average molecular weight is 469 g/mol. The molecule has 0 radical (unpaired) electrons. The molecule has 0 saturated carbocycles. The summed E-state index contributed by atoms with van der Waals surface area (Å²) in [5.41, 5.74) is 3.55. The van der Waals surface area contributed by atoms with E-state index in [2.05, 4.69) is 65.8 Å². The van der Waals surface area contributed by atoms with Crippen molar-refractivity contribution in [2.75, 3.05) is 6.61 Å². The summed E-state index contributed by atoms with van der Waals surface area (Å²) in [5, 5.41) is 20.2. The summed E-state index contributed by atoms with van der Waals surface area (Å²) in [6.45, 7) is 16.9. The molecule has 188 valence electrons. The third-order valence-electron chi connectivity index (χ3n) is 6.41. The molecule has 0 unspecified atom stereocenters. The lowest BCUT2D eigenvalue weighted by atomic mass is 9.78. The van der Waals surface area contributed by atoms with Gasteiger partial charge < -0.3 is 14.9 Å². The van der Waals surface area contributed by atoms with Gasteiger partial charge in [0.05, 0.1) is 12.0 Å². The Labute approximate surface area is 206 Å². The van der Waals surface area contributed by atoms with E-state index in [9.17, 15) is 15.0 Å². The molecule has 4 heteroatoms. The standard InChI is InChI=1S/C30H44O4/c1-28(2,3)24-19-22(20-25(26(24)31)29(4,5)6)14-9-12-21-13-10-15-23(18-21)34-17-11-16-30(7,8)27(32)33/h10,13,15,18-20,31H,9,11-12,14,16-17H2,1-8H3,(H,32,33). The van der Waals surface area contributed by atoms with Gasteiger partial charge in [-0.1, -0.05) is 65.8 Å². The summed E-state index contributed by atoms with van der Waals surface area (Å²) < 4.78 is 5.89. The summed E-state index contributed by atoms with van der Waals surface area (Å²) in [6, 6.07) is 12.5. The highest BCUT2D eigenvalue weighted by Crippen LogP contribution is 2.40. The third-order valence-corrected chi connectivity index (χ3v) is 6.41. The number of phenolic OH excluding ortho intramolecular Hbond substituents is 1. The highest BCUT2D eigenvalue weighted by atomic mass is 16.5. The first kappa shape index (κ1) is 27.8. The number of aryl methyl sites for hydroxylation is 2. The molecule has 0 spiro atoms. The topological polar surface area (TPSA) is 66.8 Å². The highest BCUT2D eigenvalue weighted by molar-refractivity contribution is 5.73. The van der Waals surface area contributed by atoms with E-state index in [1.54, 1.807) is 13.8 Å². The monoisotopic (exact) mass is 468 g/mol. The van der Waals surface area contributed by atoms with Gasteiger partial charge in [-0.25, -0.2) is 0 Å². The second-order valence-electron chi connectivity index (χ2n) is 12.2. The van der Waals surface area contributed by atoms with Crippen LogP contribution in [0.1, 0.15) is 96.9 Å². The van der Waals surface area contributed by atoms with E-state index in [0.29, 0.717) is 25.2 Å². The van der Waals surface area contributed by atoms with Crippen LogP contribution in [0.15, 0.2) is 36.4 Å². The Morgan fingerprint density at radius 3 is 1.91 bits per heavy atom. The number of benzene rings is 2. The van der Waals surface area contributed by atoms with Crippen LogP contribution < -0.4 is 4.74 Å². The lowest BCUT2D eigenvalue weighted by molar-refractivity contribution is -0.147. The molecule has 0 heterocycles. The van der Waals surface area contributed by atoms with Crippen LogP contribution in [0.2, 0.25) is 0 Å². The number of hydrogen-bond donors (Lipinski definition) is 2. The van der Waals surface area contributed by atoms with E-state index < -0.39 is 11.4 Å². The Kier molecular flexibility index (Phi) is 8.85. The van der Waals surface area contributed by atoms with Crippen LogP contribution in [0.3, 0.4) is 0 Å². The summed E-state index contributed by atoms with van der Waals surface area (Å²) in [5.74, 6) is 0.494. The largest absolute Gasteiger partial charge is 0.507 e. The zero-order valence-electron chi connectivity index (χ0n) is 22.4. The summed E-state index contributed by atoms with van der Waals surface area (Å²) in [7, 11) is 0. The molecule has 0 fully saturated rings. The van der Waals surface area contributed by atoms with Crippen molar-refractivity contribution in [2.45, 2.75) is 98.3 Å². The van der Waals surface area contributed by atoms with E-state index in [0.717, 1.165) is 36.1 Å². The summed E-state index contributed by atoms with van der Waals surface area (Å²) in [4.78, 5) is 11.2. The second-order valence-corrected chi connectivity index (χ2v) is 12.2. The van der Waals surface area contributed by atoms with Crippen LogP contribution in [-0.2, 0) is 28.5 Å². The van der Waals surface area contributed by atoms with Gasteiger partial charge in [0, 0.05) is 0 Å². The van der Waals surface area contributed by atoms with Crippen molar-refractivity contribution in [1.29, 1.82) is 0 Å². The molecule has 2 aromatic carbocycles. The Balaban J connectivity index is 2.00. The maximum Gasteiger partial charge on any atom is 0.309 e. The predicted octanol–water partition coefficient (Wildman–Crippen LogP) is 7.43. The van der Waals surface area contributed by atoms with Crippen LogP contribution in [0.5, 0.6) is 11.5 Å². The van der Waals surface area contributed by atoms with Crippen molar-refractivity contribution >= 4 is 5.97 Å². The summed E-state index contributed by atoms with van der Waals surface area (Å²) in [6.07, 6.45) is 4.19. The number of rotatable bonds is 10. The van der Waals surface area contributed by atoms with Crippen LogP contribution in [0.4, 0.5) is 0 Å². The number of carboxylic acid groups (broad SMARTS) is 1. The first-order chi connectivity index (χ1) is 15.6. The lowest BCUT2D eigenvalue weighted by Gasteiger charge is -2.28. The number of phenols is 1. The van der Waals surface area contributed by atoms with Gasteiger partial charge in [-0.3, -0.25) is 4.79 Å². The zero-order chi connectivity index (χ0) is 25.7. The summed E-state index contributed by atoms with van der Waals surface area (Å²) >= 11 is 0. The molecule has 2 aromatic rings. The molecule has 0 aliphatic carbocycles. The number of carbonyl (C=O) groups is 1. The van der Waals surface area contributed by atoms with Crippen LogP contribution in [0, 0.1) is 5.41 Å². The Morgan fingerprint density at radius 1 is 0.824 bits per heavy atom. The molecule has 0 bridgehead atoms. The smallest absolute Gasteiger partial charge is 0.309 e. The molecular weight excluding hydrogens is 424 g/mol. The Bertz CT molecular complexity index is 939. The molecule has 2 N–H and O–H groups in total. The minimum Gasteiger partial charge on any atom is -0.507 e. The van der Waals surface area contributed by atoms with E-state index in [1.165, 1.54) is 11.1 Å². The predicted molar refractivity (Wildman–Crippen MR) is 140 cm³/mol. The van der Waals surface area contributed by atoms with Crippen molar-refractivity contribution < 1.29 is 19.7 Å². The molecule has 4 nitrogen and oxygen atoms in total. The minimum atomic E-state index is -0.771. The molecule has 0 atom stereocenters. The number of aliphatic carboxylic acids is 1. The fraction of sp³-hybridized carbons (Fsp3) is 0.567. The van der Waals surface area contributed by atoms with E-state index in [1.807, 2.05) is 12.1 Å². The fourth-order valence-electron chi connectivity index (χ4n) is 4.08. The fourth-order valence-corrected chi connectivity index (χ4v) is 4.08. The molecule has 0 aliphatic rings. The van der Waals surface area contributed by atoms with Crippen molar-refractivity contribution in [3.05, 3.63) is 58.7 Å². The highest BCUT2D eigenvalue weighted by Gasteiger charge is 2.27. The maximum atomic E-state index is 11.2. The van der Waals surface area contributed by atoms with Crippen LogP contribution in [-0.4, -0.2) is 22.8 Å². The van der Waals surface area contributed by atoms with E-state index in [4.69, 9.17) is 4.74 Å². The van der Waals surface area contributed by atoms with Gasteiger partial charge in [0.15, 0.2) is 0 Å². The number of aromatic hydroxyl groups is 1. The minimum absolute atomic E-state index is 0.120. The molecule has 34 heavy (non-hydrogen) atoms. The molecule has 0 aromatic heterocycles. The van der Waals surface area contributed by atoms with Crippen molar-refractivity contribution in [1.82, 2.24) is 0 Å². The number of carboxylic acids is 1. The number of hydrogen-bond acceptors (Lipinski definition) is 3. The normalized spacial score (nSPS) is 12.6. The molecule has 0 saturated heterocycles. The molecular formula is C30H44O4. The van der Waals surface area contributed by atoms with Gasteiger partial charge in [0.2, 0.25) is 0 Å². The Hall–Kier alpha value is -2.49. The number of ether oxygens (including phenoxy) is 1. The maximum absolute atomic E-state index is 11.2. The van der Waals surface area contributed by atoms with Crippen molar-refractivity contribution in [3.8, 4) is 11.5 Å². The lowest BCUT2D eigenvalue weighted by Crippen LogP contribution is -2.24. The SMILES string of the molecule is CC(C)(CCCOc1cccc(CCCc2cc(C(C)(C)C)c(O)c(C(C)(C)C)c2)c1)C(=O)O. The second kappa shape index (κ2) is 10.8. The van der Waals surface area contributed by atoms with Gasteiger partial charge in [0.25, 0.3) is 0 Å². The van der Waals surface area contributed by atoms with Gasteiger partial charge >= 0.3 is 5.97 Å². The van der Waals surface area contributed by atoms with Gasteiger partial charge in [0.1, 0.15) is 11.5 Å². The first-order valence-electron chi connectivity index (χ1n) is 12.4. The van der Waals surface area contributed by atoms with Crippen molar-refractivity contribution in [3.63, 3.8) is 0 Å². The molecule has 0 aliphatic heterocycles. The quantitative estimate of drug-likeness (QED) is 0.356. The van der Waals surface area contributed by atoms with Gasteiger partial charge in [-0.05, 0) is 91.2 Å². The van der Waals surface area contributed by atoms with E-state index in [-0.39, 0.29) is 10.8 Å². The Morgan fingerprint density at radius 2 is 1.38 bits per heavy atom. The zero-order valence-corrected chi connectivity index (χ0v) is 22.4.